The van der Waals surface area contributed by atoms with Gasteiger partial charge in [-0.15, -0.1) is 0 Å². The lowest BCUT2D eigenvalue weighted by Gasteiger charge is -2.28. The van der Waals surface area contributed by atoms with Gasteiger partial charge in [-0.25, -0.2) is 0 Å². The number of carbonyl (C=O) groups excluding carboxylic acids is 1. The first kappa shape index (κ1) is 13.8. The number of Topliss-reactive ketones (excluding diaryl/α,β-unsaturated/α-hetero) is 1. The van der Waals surface area contributed by atoms with Crippen molar-refractivity contribution < 1.29 is 18.0 Å². The van der Waals surface area contributed by atoms with E-state index in [0.717, 1.165) is 12.8 Å². The smallest absolute Gasteiger partial charge is 0.311 e. The van der Waals surface area contributed by atoms with Gasteiger partial charge < -0.3 is 5.32 Å². The van der Waals surface area contributed by atoms with Crippen LogP contribution in [0.15, 0.2) is 0 Å². The topological polar surface area (TPSA) is 29.1 Å². The Hall–Kier alpha value is -0.580. The van der Waals surface area contributed by atoms with Crippen molar-refractivity contribution in [3.05, 3.63) is 0 Å². The molecule has 2 aliphatic heterocycles. The molecule has 2 bridgehead atoms. The molecule has 5 heteroatoms. The van der Waals surface area contributed by atoms with Crippen molar-refractivity contribution in [3.63, 3.8) is 0 Å². The van der Waals surface area contributed by atoms with E-state index in [4.69, 9.17) is 0 Å². The molecule has 2 heterocycles. The van der Waals surface area contributed by atoms with Crippen molar-refractivity contribution in [3.8, 4) is 0 Å². The Morgan fingerprint density at radius 3 is 2.33 bits per heavy atom. The lowest BCUT2D eigenvalue weighted by atomic mass is 9.87. The predicted molar refractivity (Wildman–Crippen MR) is 62.2 cm³/mol. The molecule has 0 saturated carbocycles. The molecule has 2 saturated heterocycles. The molecule has 0 amide bonds. The largest absolute Gasteiger partial charge is 0.389 e. The maximum atomic E-state index is 12.0. The lowest BCUT2D eigenvalue weighted by molar-refractivity contribution is -0.137. The van der Waals surface area contributed by atoms with Crippen LogP contribution in [0.3, 0.4) is 0 Å². The number of halogens is 3. The number of alkyl halides is 3. The number of piperidine rings is 1. The first-order valence-electron chi connectivity index (χ1n) is 6.77. The highest BCUT2D eigenvalue weighted by Gasteiger charge is 2.34. The van der Waals surface area contributed by atoms with Crippen molar-refractivity contribution in [2.75, 3.05) is 0 Å². The lowest BCUT2D eigenvalue weighted by Crippen LogP contribution is -2.38. The second kappa shape index (κ2) is 5.59. The first-order valence-corrected chi connectivity index (χ1v) is 6.77. The van der Waals surface area contributed by atoms with Gasteiger partial charge in [0.1, 0.15) is 5.78 Å². The van der Waals surface area contributed by atoms with Crippen molar-refractivity contribution in [1.82, 2.24) is 5.32 Å². The summed E-state index contributed by atoms with van der Waals surface area (Å²) in [5, 5.41) is 3.50. The van der Waals surface area contributed by atoms with Gasteiger partial charge in [-0.3, -0.25) is 4.79 Å². The molecule has 2 atom stereocenters. The second-order valence-electron chi connectivity index (χ2n) is 5.69. The summed E-state index contributed by atoms with van der Waals surface area (Å²) in [7, 11) is 0. The van der Waals surface area contributed by atoms with Crippen molar-refractivity contribution in [1.29, 1.82) is 0 Å². The second-order valence-corrected chi connectivity index (χ2v) is 5.69. The number of rotatable bonds is 5. The SMILES string of the molecule is O=C(CCCC(F)(F)F)CC1CC2CCC(C1)N2. The summed E-state index contributed by atoms with van der Waals surface area (Å²) in [5.41, 5.74) is 0. The van der Waals surface area contributed by atoms with E-state index >= 15 is 0 Å². The van der Waals surface area contributed by atoms with Gasteiger partial charge >= 0.3 is 6.18 Å². The molecular weight excluding hydrogens is 243 g/mol. The zero-order valence-electron chi connectivity index (χ0n) is 10.4. The third-order valence-corrected chi connectivity index (χ3v) is 4.00. The van der Waals surface area contributed by atoms with Crippen molar-refractivity contribution in [2.45, 2.75) is 69.6 Å². The number of ketones is 1. The molecule has 0 aromatic carbocycles. The molecule has 2 aliphatic rings. The van der Waals surface area contributed by atoms with Crippen LogP contribution in [-0.2, 0) is 4.79 Å². The Morgan fingerprint density at radius 2 is 1.78 bits per heavy atom. The number of nitrogens with one attached hydrogen (secondary N) is 1. The Balaban J connectivity index is 1.65. The molecule has 0 aliphatic carbocycles. The summed E-state index contributed by atoms with van der Waals surface area (Å²) in [6, 6.07) is 1.08. The number of carbonyl (C=O) groups is 1. The van der Waals surface area contributed by atoms with E-state index in [1.54, 1.807) is 0 Å². The van der Waals surface area contributed by atoms with E-state index in [9.17, 15) is 18.0 Å². The van der Waals surface area contributed by atoms with Gasteiger partial charge in [-0.05, 0) is 38.0 Å². The monoisotopic (exact) mass is 263 g/mol. The van der Waals surface area contributed by atoms with E-state index in [1.807, 2.05) is 0 Å². The molecular formula is C13H20F3NO. The predicted octanol–water partition coefficient (Wildman–Crippen LogP) is 3.21. The number of fused-ring (bicyclic) bond motifs is 2. The fourth-order valence-corrected chi connectivity index (χ4v) is 3.25. The molecule has 2 unspecified atom stereocenters. The van der Waals surface area contributed by atoms with Gasteiger partial charge in [0.2, 0.25) is 0 Å². The third-order valence-electron chi connectivity index (χ3n) is 4.00. The van der Waals surface area contributed by atoms with E-state index in [2.05, 4.69) is 5.32 Å². The van der Waals surface area contributed by atoms with Crippen LogP contribution in [0.2, 0.25) is 0 Å². The molecule has 2 rings (SSSR count). The minimum absolute atomic E-state index is 0.00514. The molecule has 2 nitrogen and oxygen atoms in total. The maximum Gasteiger partial charge on any atom is 0.389 e. The molecule has 104 valence electrons. The summed E-state index contributed by atoms with van der Waals surface area (Å²) in [6.07, 6.45) is -0.0638. The fraction of sp³-hybridized carbons (Fsp3) is 0.923. The molecule has 0 aromatic rings. The van der Waals surface area contributed by atoms with Crippen LogP contribution in [0.5, 0.6) is 0 Å². The Kier molecular flexibility index (Phi) is 4.30. The fourth-order valence-electron chi connectivity index (χ4n) is 3.25. The van der Waals surface area contributed by atoms with Gasteiger partial charge in [0.25, 0.3) is 0 Å². The average molecular weight is 263 g/mol. The minimum Gasteiger partial charge on any atom is -0.311 e. The Bertz CT molecular complexity index is 291. The highest BCUT2D eigenvalue weighted by atomic mass is 19.4. The van der Waals surface area contributed by atoms with Crippen LogP contribution < -0.4 is 5.32 Å². The quantitative estimate of drug-likeness (QED) is 0.825. The van der Waals surface area contributed by atoms with E-state index < -0.39 is 12.6 Å². The zero-order valence-corrected chi connectivity index (χ0v) is 10.4. The van der Waals surface area contributed by atoms with Crippen LogP contribution in [-0.4, -0.2) is 24.0 Å². The van der Waals surface area contributed by atoms with Crippen LogP contribution in [0.4, 0.5) is 13.2 Å². The van der Waals surface area contributed by atoms with Crippen LogP contribution in [0.25, 0.3) is 0 Å². The molecule has 2 fully saturated rings. The van der Waals surface area contributed by atoms with Gasteiger partial charge in [0, 0.05) is 31.3 Å². The summed E-state index contributed by atoms with van der Waals surface area (Å²) in [5.74, 6) is 0.396. The van der Waals surface area contributed by atoms with Crippen molar-refractivity contribution >= 4 is 5.78 Å². The van der Waals surface area contributed by atoms with Gasteiger partial charge in [-0.1, -0.05) is 0 Å². The van der Waals surface area contributed by atoms with Crippen LogP contribution in [0.1, 0.15) is 51.4 Å². The Morgan fingerprint density at radius 1 is 1.17 bits per heavy atom. The summed E-state index contributed by atoms with van der Waals surface area (Å²) < 4.78 is 35.9. The van der Waals surface area contributed by atoms with Crippen LogP contribution in [0, 0.1) is 5.92 Å². The van der Waals surface area contributed by atoms with Crippen LogP contribution >= 0.6 is 0 Å². The molecule has 0 aromatic heterocycles. The summed E-state index contributed by atoms with van der Waals surface area (Å²) in [4.78, 5) is 11.6. The highest BCUT2D eigenvalue weighted by molar-refractivity contribution is 5.78. The molecule has 0 radical (unpaired) electrons. The zero-order chi connectivity index (χ0) is 13.2. The first-order chi connectivity index (χ1) is 8.42. The third kappa shape index (κ3) is 4.26. The van der Waals surface area contributed by atoms with E-state index in [0.29, 0.717) is 24.4 Å². The number of hydrogen-bond acceptors (Lipinski definition) is 2. The molecule has 0 spiro atoms. The van der Waals surface area contributed by atoms with Crippen molar-refractivity contribution in [2.24, 2.45) is 5.92 Å². The summed E-state index contributed by atoms with van der Waals surface area (Å²) in [6.45, 7) is 0. The minimum atomic E-state index is -4.13. The Labute approximate surface area is 105 Å². The van der Waals surface area contributed by atoms with Gasteiger partial charge in [-0.2, -0.15) is 13.2 Å². The standard InChI is InChI=1S/C13H20F3NO/c14-13(15,16)5-1-2-12(18)8-9-6-10-3-4-11(7-9)17-10/h9-11,17H,1-8H2. The van der Waals surface area contributed by atoms with E-state index in [-0.39, 0.29) is 18.6 Å². The van der Waals surface area contributed by atoms with Gasteiger partial charge in [0.05, 0.1) is 0 Å². The number of hydrogen-bond donors (Lipinski definition) is 1. The normalized spacial score (nSPS) is 31.6. The van der Waals surface area contributed by atoms with E-state index in [1.165, 1.54) is 12.8 Å². The summed E-state index contributed by atoms with van der Waals surface area (Å²) >= 11 is 0. The average Bonchev–Trinajstić information content (AvgIpc) is 2.56. The highest BCUT2D eigenvalue weighted by Crippen LogP contribution is 2.33. The molecule has 18 heavy (non-hydrogen) atoms. The maximum absolute atomic E-state index is 12.0. The molecule has 1 N–H and O–H groups in total. The van der Waals surface area contributed by atoms with Gasteiger partial charge in [0.15, 0.2) is 0 Å².